The molecule has 2 fully saturated rings. The third-order valence-electron chi connectivity index (χ3n) is 5.23. The van der Waals surface area contributed by atoms with Crippen LogP contribution >= 0.6 is 0 Å². The summed E-state index contributed by atoms with van der Waals surface area (Å²) in [4.78, 5) is 2.81. The summed E-state index contributed by atoms with van der Waals surface area (Å²) in [7, 11) is 0. The number of hydrogen-bond acceptors (Lipinski definition) is 2. The summed E-state index contributed by atoms with van der Waals surface area (Å²) >= 11 is 0. The molecule has 0 aromatic heterocycles. The minimum atomic E-state index is 0.471. The van der Waals surface area contributed by atoms with E-state index < -0.39 is 0 Å². The topological polar surface area (TPSA) is 15.3 Å². The fourth-order valence-corrected chi connectivity index (χ4v) is 3.79. The second-order valence-electron chi connectivity index (χ2n) is 7.12. The Kier molecular flexibility index (Phi) is 4.71. The van der Waals surface area contributed by atoms with Crippen LogP contribution in [0.3, 0.4) is 0 Å². The minimum absolute atomic E-state index is 0.471. The van der Waals surface area contributed by atoms with Gasteiger partial charge in [-0.3, -0.25) is 4.90 Å². The highest BCUT2D eigenvalue weighted by molar-refractivity contribution is 5.01. The van der Waals surface area contributed by atoms with Crippen LogP contribution in [-0.2, 0) is 0 Å². The number of hydrogen-bond donors (Lipinski definition) is 1. The van der Waals surface area contributed by atoms with Gasteiger partial charge in [-0.25, -0.2) is 0 Å². The van der Waals surface area contributed by atoms with E-state index in [0.717, 1.165) is 17.9 Å². The summed E-state index contributed by atoms with van der Waals surface area (Å²) < 4.78 is 0. The van der Waals surface area contributed by atoms with E-state index in [1.54, 1.807) is 0 Å². The van der Waals surface area contributed by atoms with E-state index in [1.807, 2.05) is 0 Å². The van der Waals surface area contributed by atoms with E-state index in [1.165, 1.54) is 51.7 Å². The van der Waals surface area contributed by atoms with Crippen molar-refractivity contribution in [3.05, 3.63) is 0 Å². The standard InChI is InChI=1S/C16H32N2/c1-5-14(4)11-18-12-16(8-6-7-9-16)17-10-15(18)13(2)3/h13-15,17H,5-12H2,1-4H3. The number of rotatable bonds is 4. The second-order valence-corrected chi connectivity index (χ2v) is 7.12. The highest BCUT2D eigenvalue weighted by Gasteiger charge is 2.41. The van der Waals surface area contributed by atoms with Crippen LogP contribution < -0.4 is 5.32 Å². The van der Waals surface area contributed by atoms with Crippen LogP contribution in [0.15, 0.2) is 0 Å². The van der Waals surface area contributed by atoms with E-state index in [0.29, 0.717) is 5.54 Å². The minimum Gasteiger partial charge on any atom is -0.308 e. The van der Waals surface area contributed by atoms with Gasteiger partial charge in [0.2, 0.25) is 0 Å². The Morgan fingerprint density at radius 1 is 1.22 bits per heavy atom. The Bertz CT molecular complexity index is 256. The van der Waals surface area contributed by atoms with Gasteiger partial charge in [-0.05, 0) is 24.7 Å². The van der Waals surface area contributed by atoms with Gasteiger partial charge in [0.05, 0.1) is 0 Å². The van der Waals surface area contributed by atoms with Crippen LogP contribution in [0, 0.1) is 11.8 Å². The van der Waals surface area contributed by atoms with Gasteiger partial charge in [-0.1, -0.05) is 47.0 Å². The molecule has 0 aromatic carbocycles. The van der Waals surface area contributed by atoms with Gasteiger partial charge in [-0.15, -0.1) is 0 Å². The summed E-state index contributed by atoms with van der Waals surface area (Å²) in [6, 6.07) is 0.741. The molecule has 2 nitrogen and oxygen atoms in total. The number of piperazine rings is 1. The average molecular weight is 252 g/mol. The molecule has 1 aliphatic carbocycles. The first kappa shape index (κ1) is 14.3. The monoisotopic (exact) mass is 252 g/mol. The molecule has 1 N–H and O–H groups in total. The molecule has 0 aromatic rings. The lowest BCUT2D eigenvalue weighted by Crippen LogP contribution is -2.64. The zero-order chi connectivity index (χ0) is 13.2. The van der Waals surface area contributed by atoms with Crippen molar-refractivity contribution in [1.82, 2.24) is 10.2 Å². The predicted molar refractivity (Wildman–Crippen MR) is 78.9 cm³/mol. The van der Waals surface area contributed by atoms with Crippen LogP contribution in [0.5, 0.6) is 0 Å². The average Bonchev–Trinajstić information content (AvgIpc) is 2.77. The molecule has 18 heavy (non-hydrogen) atoms. The van der Waals surface area contributed by atoms with Crippen LogP contribution in [0.4, 0.5) is 0 Å². The SMILES string of the molecule is CCC(C)CN1CC2(CCCC2)NCC1C(C)C. The summed E-state index contributed by atoms with van der Waals surface area (Å²) in [6.07, 6.45) is 6.96. The van der Waals surface area contributed by atoms with Crippen LogP contribution in [0.1, 0.15) is 59.8 Å². The number of nitrogens with one attached hydrogen (secondary N) is 1. The molecule has 2 aliphatic rings. The highest BCUT2D eigenvalue weighted by atomic mass is 15.3. The van der Waals surface area contributed by atoms with E-state index >= 15 is 0 Å². The van der Waals surface area contributed by atoms with Gasteiger partial charge in [-0.2, -0.15) is 0 Å². The molecule has 0 amide bonds. The molecule has 0 bridgehead atoms. The van der Waals surface area contributed by atoms with E-state index in [2.05, 4.69) is 37.9 Å². The molecule has 1 heterocycles. The normalized spacial score (nSPS) is 30.2. The second kappa shape index (κ2) is 5.92. The summed E-state index contributed by atoms with van der Waals surface area (Å²) in [6.45, 7) is 13.3. The molecule has 2 heteroatoms. The Balaban J connectivity index is 2.03. The van der Waals surface area contributed by atoms with Crippen molar-refractivity contribution in [1.29, 1.82) is 0 Å². The highest BCUT2D eigenvalue weighted by Crippen LogP contribution is 2.34. The lowest BCUT2D eigenvalue weighted by molar-refractivity contribution is 0.0457. The van der Waals surface area contributed by atoms with Crippen LogP contribution in [-0.4, -0.2) is 36.1 Å². The van der Waals surface area contributed by atoms with Crippen LogP contribution in [0.2, 0.25) is 0 Å². The molecule has 2 unspecified atom stereocenters. The summed E-state index contributed by atoms with van der Waals surface area (Å²) in [5, 5.41) is 3.91. The zero-order valence-corrected chi connectivity index (χ0v) is 12.8. The van der Waals surface area contributed by atoms with Gasteiger partial charge < -0.3 is 5.32 Å². The maximum atomic E-state index is 3.91. The predicted octanol–water partition coefficient (Wildman–Crippen LogP) is 3.28. The largest absolute Gasteiger partial charge is 0.308 e. The molecule has 106 valence electrons. The molecule has 1 aliphatic heterocycles. The molecule has 1 spiro atoms. The first-order valence-corrected chi connectivity index (χ1v) is 8.05. The third kappa shape index (κ3) is 3.08. The Morgan fingerprint density at radius 2 is 1.89 bits per heavy atom. The summed E-state index contributed by atoms with van der Waals surface area (Å²) in [5.41, 5.74) is 0.471. The third-order valence-corrected chi connectivity index (χ3v) is 5.23. The van der Waals surface area contributed by atoms with E-state index in [4.69, 9.17) is 0 Å². The summed E-state index contributed by atoms with van der Waals surface area (Å²) in [5.74, 6) is 1.60. The maximum Gasteiger partial charge on any atom is 0.0309 e. The van der Waals surface area contributed by atoms with Crippen molar-refractivity contribution in [2.24, 2.45) is 11.8 Å². The Labute approximate surface area is 114 Å². The molecule has 0 radical (unpaired) electrons. The van der Waals surface area contributed by atoms with Crippen molar-refractivity contribution in [2.45, 2.75) is 71.4 Å². The molecule has 1 saturated carbocycles. The van der Waals surface area contributed by atoms with Crippen molar-refractivity contribution >= 4 is 0 Å². The fourth-order valence-electron chi connectivity index (χ4n) is 3.79. The molecular formula is C16H32N2. The number of nitrogens with zero attached hydrogens (tertiary/aromatic N) is 1. The fraction of sp³-hybridized carbons (Fsp3) is 1.00. The van der Waals surface area contributed by atoms with Gasteiger partial charge in [0.15, 0.2) is 0 Å². The molecular weight excluding hydrogens is 220 g/mol. The van der Waals surface area contributed by atoms with E-state index in [-0.39, 0.29) is 0 Å². The maximum absolute atomic E-state index is 3.91. The molecule has 2 rings (SSSR count). The van der Waals surface area contributed by atoms with Crippen LogP contribution in [0.25, 0.3) is 0 Å². The van der Waals surface area contributed by atoms with Crippen molar-refractivity contribution in [2.75, 3.05) is 19.6 Å². The first-order valence-electron chi connectivity index (χ1n) is 8.05. The van der Waals surface area contributed by atoms with Crippen molar-refractivity contribution < 1.29 is 0 Å². The first-order chi connectivity index (χ1) is 8.56. The Hall–Kier alpha value is -0.0800. The lowest BCUT2D eigenvalue weighted by Gasteiger charge is -2.48. The van der Waals surface area contributed by atoms with Crippen molar-refractivity contribution in [3.8, 4) is 0 Å². The Morgan fingerprint density at radius 3 is 2.44 bits per heavy atom. The molecule has 1 saturated heterocycles. The van der Waals surface area contributed by atoms with Gasteiger partial charge in [0, 0.05) is 31.2 Å². The van der Waals surface area contributed by atoms with E-state index in [9.17, 15) is 0 Å². The zero-order valence-electron chi connectivity index (χ0n) is 12.8. The lowest BCUT2D eigenvalue weighted by atomic mass is 9.88. The smallest absolute Gasteiger partial charge is 0.0309 e. The van der Waals surface area contributed by atoms with Gasteiger partial charge in [0.1, 0.15) is 0 Å². The van der Waals surface area contributed by atoms with Gasteiger partial charge >= 0.3 is 0 Å². The van der Waals surface area contributed by atoms with Gasteiger partial charge in [0.25, 0.3) is 0 Å². The quantitative estimate of drug-likeness (QED) is 0.826. The molecule has 2 atom stereocenters. The van der Waals surface area contributed by atoms with Crippen molar-refractivity contribution in [3.63, 3.8) is 0 Å².